The van der Waals surface area contributed by atoms with Gasteiger partial charge in [0.2, 0.25) is 0 Å². The molecule has 5 nitrogen and oxygen atoms in total. The van der Waals surface area contributed by atoms with Crippen LogP contribution < -0.4 is 5.32 Å². The Morgan fingerprint density at radius 1 is 1.25 bits per heavy atom. The molecule has 0 aliphatic carbocycles. The molecule has 0 bridgehead atoms. The predicted molar refractivity (Wildman–Crippen MR) is 77.6 cm³/mol. The molecule has 2 saturated heterocycles. The van der Waals surface area contributed by atoms with Gasteiger partial charge < -0.3 is 10.2 Å². The van der Waals surface area contributed by atoms with Crippen LogP contribution in [-0.4, -0.2) is 46.8 Å². The molecule has 1 aromatic heterocycles. The summed E-state index contributed by atoms with van der Waals surface area (Å²) in [6.45, 7) is 4.95. The van der Waals surface area contributed by atoms with E-state index in [0.29, 0.717) is 5.92 Å². The minimum absolute atomic E-state index is 0.154. The fraction of sp³-hybridized carbons (Fsp3) is 0.733. The van der Waals surface area contributed by atoms with Crippen LogP contribution in [0.25, 0.3) is 0 Å². The molecule has 3 rings (SSSR count). The molecule has 110 valence electrons. The molecule has 1 aromatic rings. The highest BCUT2D eigenvalue weighted by Crippen LogP contribution is 2.16. The van der Waals surface area contributed by atoms with Crippen LogP contribution in [0.1, 0.15) is 42.5 Å². The van der Waals surface area contributed by atoms with Crippen LogP contribution in [0.5, 0.6) is 0 Å². The van der Waals surface area contributed by atoms with Crippen LogP contribution in [0, 0.1) is 5.92 Å². The van der Waals surface area contributed by atoms with Gasteiger partial charge in [-0.05, 0) is 51.1 Å². The van der Waals surface area contributed by atoms with Crippen molar-refractivity contribution in [3.05, 3.63) is 18.0 Å². The second-order valence-corrected chi connectivity index (χ2v) is 6.00. The summed E-state index contributed by atoms with van der Waals surface area (Å²) in [5.74, 6) is 0.843. The molecule has 0 radical (unpaired) electrons. The molecule has 0 atom stereocenters. The van der Waals surface area contributed by atoms with Gasteiger partial charge in [-0.1, -0.05) is 0 Å². The molecule has 5 heteroatoms. The van der Waals surface area contributed by atoms with E-state index in [9.17, 15) is 4.79 Å². The number of likely N-dealkylation sites (tertiary alicyclic amines) is 1. The maximum Gasteiger partial charge on any atom is 0.257 e. The summed E-state index contributed by atoms with van der Waals surface area (Å²) in [6.07, 6.45) is 9.59. The summed E-state index contributed by atoms with van der Waals surface area (Å²) in [6, 6.07) is 0. The Labute approximate surface area is 120 Å². The van der Waals surface area contributed by atoms with Gasteiger partial charge in [0, 0.05) is 25.8 Å². The molecular formula is C15H24N4O. The van der Waals surface area contributed by atoms with Crippen molar-refractivity contribution in [3.8, 4) is 0 Å². The maximum absolute atomic E-state index is 12.4. The van der Waals surface area contributed by atoms with Gasteiger partial charge in [-0.2, -0.15) is 5.10 Å². The molecule has 0 spiro atoms. The first-order valence-electron chi connectivity index (χ1n) is 7.85. The maximum atomic E-state index is 12.4. The van der Waals surface area contributed by atoms with Crippen molar-refractivity contribution in [3.63, 3.8) is 0 Å². The van der Waals surface area contributed by atoms with E-state index in [2.05, 4.69) is 10.4 Å². The summed E-state index contributed by atoms with van der Waals surface area (Å²) in [5.41, 5.74) is 0.751. The van der Waals surface area contributed by atoms with Gasteiger partial charge in [0.15, 0.2) is 0 Å². The Kier molecular flexibility index (Phi) is 4.35. The Bertz CT molecular complexity index is 444. The number of aromatic nitrogens is 2. The Balaban J connectivity index is 1.59. The fourth-order valence-electron chi connectivity index (χ4n) is 3.18. The van der Waals surface area contributed by atoms with Gasteiger partial charge in [-0.3, -0.25) is 9.48 Å². The van der Waals surface area contributed by atoms with E-state index < -0.39 is 0 Å². The van der Waals surface area contributed by atoms with Gasteiger partial charge in [-0.25, -0.2) is 0 Å². The summed E-state index contributed by atoms with van der Waals surface area (Å²) >= 11 is 0. The van der Waals surface area contributed by atoms with Gasteiger partial charge in [0.25, 0.3) is 5.91 Å². The first-order chi connectivity index (χ1) is 9.83. The number of rotatable bonds is 3. The molecule has 20 heavy (non-hydrogen) atoms. The number of piperidine rings is 2. The average Bonchev–Trinajstić information content (AvgIpc) is 2.97. The molecule has 0 unspecified atom stereocenters. The lowest BCUT2D eigenvalue weighted by molar-refractivity contribution is 0.0724. The van der Waals surface area contributed by atoms with Gasteiger partial charge in [0.05, 0.1) is 11.8 Å². The van der Waals surface area contributed by atoms with Crippen molar-refractivity contribution in [2.75, 3.05) is 26.2 Å². The Hall–Kier alpha value is -1.36. The minimum atomic E-state index is 0.154. The third-order valence-corrected chi connectivity index (χ3v) is 4.43. The lowest BCUT2D eigenvalue weighted by atomic mass is 9.98. The normalized spacial score (nSPS) is 21.1. The second-order valence-electron chi connectivity index (χ2n) is 6.00. The molecule has 0 aromatic carbocycles. The predicted octanol–water partition coefficient (Wildman–Crippen LogP) is 1.51. The molecule has 2 aliphatic rings. The quantitative estimate of drug-likeness (QED) is 0.910. The van der Waals surface area contributed by atoms with Crippen molar-refractivity contribution >= 4 is 5.91 Å². The highest BCUT2D eigenvalue weighted by Gasteiger charge is 2.20. The van der Waals surface area contributed by atoms with Gasteiger partial charge in [0.1, 0.15) is 0 Å². The van der Waals surface area contributed by atoms with Crippen molar-refractivity contribution in [2.24, 2.45) is 5.92 Å². The van der Waals surface area contributed by atoms with Crippen LogP contribution in [0.4, 0.5) is 0 Å². The van der Waals surface area contributed by atoms with Crippen LogP contribution in [0.2, 0.25) is 0 Å². The number of hydrogen-bond donors (Lipinski definition) is 1. The minimum Gasteiger partial charge on any atom is -0.339 e. The zero-order valence-corrected chi connectivity index (χ0v) is 12.1. The monoisotopic (exact) mass is 276 g/mol. The summed E-state index contributed by atoms with van der Waals surface area (Å²) in [5, 5.41) is 7.75. The third kappa shape index (κ3) is 3.20. The van der Waals surface area contributed by atoms with E-state index in [0.717, 1.165) is 51.1 Å². The molecule has 2 fully saturated rings. The number of nitrogens with zero attached hydrogens (tertiary/aromatic N) is 3. The summed E-state index contributed by atoms with van der Waals surface area (Å²) in [4.78, 5) is 14.3. The van der Waals surface area contributed by atoms with Crippen molar-refractivity contribution in [1.82, 2.24) is 20.0 Å². The molecule has 2 aliphatic heterocycles. The zero-order valence-electron chi connectivity index (χ0n) is 12.1. The summed E-state index contributed by atoms with van der Waals surface area (Å²) in [7, 11) is 0. The highest BCUT2D eigenvalue weighted by molar-refractivity contribution is 5.93. The Morgan fingerprint density at radius 2 is 2.00 bits per heavy atom. The van der Waals surface area contributed by atoms with Crippen LogP contribution in [0.15, 0.2) is 12.4 Å². The first kappa shape index (κ1) is 13.6. The van der Waals surface area contributed by atoms with Crippen LogP contribution in [-0.2, 0) is 6.54 Å². The van der Waals surface area contributed by atoms with E-state index in [1.54, 1.807) is 6.20 Å². The van der Waals surface area contributed by atoms with Crippen LogP contribution in [0.3, 0.4) is 0 Å². The SMILES string of the molecule is O=C(c1cnn(CC2CCNCC2)c1)N1CCCCC1. The molecule has 3 heterocycles. The lowest BCUT2D eigenvalue weighted by Gasteiger charge is -2.26. The largest absolute Gasteiger partial charge is 0.339 e. The molecule has 1 amide bonds. The van der Waals surface area contributed by atoms with E-state index in [1.165, 1.54) is 19.3 Å². The van der Waals surface area contributed by atoms with E-state index in [4.69, 9.17) is 0 Å². The fourth-order valence-corrected chi connectivity index (χ4v) is 3.18. The van der Waals surface area contributed by atoms with E-state index in [-0.39, 0.29) is 5.91 Å². The number of carbonyl (C=O) groups excluding carboxylic acids is 1. The number of amides is 1. The van der Waals surface area contributed by atoms with E-state index >= 15 is 0 Å². The van der Waals surface area contributed by atoms with Crippen LogP contribution >= 0.6 is 0 Å². The molecule has 0 saturated carbocycles. The average molecular weight is 276 g/mol. The van der Waals surface area contributed by atoms with Gasteiger partial charge in [-0.15, -0.1) is 0 Å². The lowest BCUT2D eigenvalue weighted by Crippen LogP contribution is -2.35. The topological polar surface area (TPSA) is 50.2 Å². The zero-order chi connectivity index (χ0) is 13.8. The second kappa shape index (κ2) is 6.39. The third-order valence-electron chi connectivity index (χ3n) is 4.43. The smallest absolute Gasteiger partial charge is 0.257 e. The number of carbonyl (C=O) groups is 1. The van der Waals surface area contributed by atoms with Crippen molar-refractivity contribution < 1.29 is 4.79 Å². The van der Waals surface area contributed by atoms with Crippen molar-refractivity contribution in [1.29, 1.82) is 0 Å². The van der Waals surface area contributed by atoms with Crippen molar-refractivity contribution in [2.45, 2.75) is 38.6 Å². The number of hydrogen-bond acceptors (Lipinski definition) is 3. The highest BCUT2D eigenvalue weighted by atomic mass is 16.2. The first-order valence-corrected chi connectivity index (χ1v) is 7.85. The molecular weight excluding hydrogens is 252 g/mol. The van der Waals surface area contributed by atoms with E-state index in [1.807, 2.05) is 15.8 Å². The van der Waals surface area contributed by atoms with Gasteiger partial charge >= 0.3 is 0 Å². The standard InChI is InChI=1S/C15H24N4O/c20-15(18-8-2-1-3-9-18)14-10-17-19(12-14)11-13-4-6-16-7-5-13/h10,12-13,16H,1-9,11H2. The molecule has 1 N–H and O–H groups in total. The summed E-state index contributed by atoms with van der Waals surface area (Å²) < 4.78 is 1.95. The number of nitrogens with one attached hydrogen (secondary N) is 1. The Morgan fingerprint density at radius 3 is 2.75 bits per heavy atom.